The molecule has 4 N–H and O–H groups in total. The molecule has 1 rings (SSSR count). The highest BCUT2D eigenvalue weighted by Crippen LogP contribution is 2.28. The summed E-state index contributed by atoms with van der Waals surface area (Å²) < 4.78 is 9.36. The Hall–Kier alpha value is -0.690. The van der Waals surface area contributed by atoms with Gasteiger partial charge in [-0.15, -0.1) is 0 Å². The molecule has 1 heterocycles. The number of hydrogen-bond donors (Lipinski definition) is 3. The highest BCUT2D eigenvalue weighted by atomic mass is 16.8. The SMILES string of the molecule is COC1CC(O)C(O)(C(N)=O)O1. The molecule has 0 spiro atoms. The highest BCUT2D eigenvalue weighted by molar-refractivity contribution is 5.82. The Balaban J connectivity index is 2.74. The lowest BCUT2D eigenvalue weighted by Gasteiger charge is -2.20. The summed E-state index contributed by atoms with van der Waals surface area (Å²) in [6.07, 6.45) is -2.10. The molecule has 3 atom stereocenters. The van der Waals surface area contributed by atoms with Crippen molar-refractivity contribution in [3.63, 3.8) is 0 Å². The van der Waals surface area contributed by atoms with Gasteiger partial charge in [0.2, 0.25) is 0 Å². The Labute approximate surface area is 68.9 Å². The van der Waals surface area contributed by atoms with Gasteiger partial charge < -0.3 is 25.4 Å². The third-order valence-electron chi connectivity index (χ3n) is 1.79. The number of carbonyl (C=O) groups is 1. The maximum atomic E-state index is 10.6. The number of ether oxygens (including phenoxy) is 2. The van der Waals surface area contributed by atoms with Crippen molar-refractivity contribution in [1.82, 2.24) is 0 Å². The van der Waals surface area contributed by atoms with Gasteiger partial charge in [0.25, 0.3) is 11.7 Å². The Bertz CT molecular complexity index is 196. The largest absolute Gasteiger partial charge is 0.387 e. The van der Waals surface area contributed by atoms with Gasteiger partial charge in [0.15, 0.2) is 6.29 Å². The maximum absolute atomic E-state index is 10.6. The van der Waals surface area contributed by atoms with Crippen LogP contribution < -0.4 is 5.73 Å². The molecule has 1 aliphatic rings. The van der Waals surface area contributed by atoms with Crippen LogP contribution in [0.4, 0.5) is 0 Å². The van der Waals surface area contributed by atoms with E-state index in [2.05, 4.69) is 9.47 Å². The van der Waals surface area contributed by atoms with E-state index in [1.807, 2.05) is 0 Å². The lowest BCUT2D eigenvalue weighted by atomic mass is 10.1. The average Bonchev–Trinajstić information content (AvgIpc) is 2.29. The number of hydrogen-bond acceptors (Lipinski definition) is 5. The summed E-state index contributed by atoms with van der Waals surface area (Å²) in [4.78, 5) is 10.6. The minimum absolute atomic E-state index is 0.0238. The summed E-state index contributed by atoms with van der Waals surface area (Å²) in [6.45, 7) is 0. The van der Waals surface area contributed by atoms with E-state index >= 15 is 0 Å². The maximum Gasteiger partial charge on any atom is 0.280 e. The second-order valence-corrected chi connectivity index (χ2v) is 2.60. The van der Waals surface area contributed by atoms with Crippen LogP contribution in [0, 0.1) is 0 Å². The molecule has 0 radical (unpaired) electrons. The predicted octanol–water partition coefficient (Wildman–Crippen LogP) is -2.09. The molecule has 6 nitrogen and oxygen atoms in total. The fraction of sp³-hybridized carbons (Fsp3) is 0.833. The van der Waals surface area contributed by atoms with Crippen molar-refractivity contribution < 1.29 is 24.5 Å². The molecule has 1 amide bonds. The highest BCUT2D eigenvalue weighted by Gasteiger charge is 2.52. The number of nitrogens with two attached hydrogens (primary N) is 1. The molecule has 6 heteroatoms. The molecule has 0 saturated carbocycles. The van der Waals surface area contributed by atoms with E-state index in [-0.39, 0.29) is 6.42 Å². The van der Waals surface area contributed by atoms with Crippen molar-refractivity contribution in [3.8, 4) is 0 Å². The summed E-state index contributed by atoms with van der Waals surface area (Å²) in [5, 5.41) is 18.5. The molecular weight excluding hydrogens is 166 g/mol. The van der Waals surface area contributed by atoms with Crippen molar-refractivity contribution in [3.05, 3.63) is 0 Å². The normalized spacial score (nSPS) is 41.6. The topological polar surface area (TPSA) is 102 Å². The summed E-state index contributed by atoms with van der Waals surface area (Å²) in [5.41, 5.74) is 4.81. The summed E-state index contributed by atoms with van der Waals surface area (Å²) in [7, 11) is 1.34. The minimum Gasteiger partial charge on any atom is -0.387 e. The molecular formula is C6H11NO5. The first-order valence-corrected chi connectivity index (χ1v) is 3.41. The van der Waals surface area contributed by atoms with Crippen LogP contribution in [-0.2, 0) is 14.3 Å². The van der Waals surface area contributed by atoms with Crippen LogP contribution in [0.15, 0.2) is 0 Å². The predicted molar refractivity (Wildman–Crippen MR) is 36.6 cm³/mol. The third-order valence-corrected chi connectivity index (χ3v) is 1.79. The first-order chi connectivity index (χ1) is 5.50. The van der Waals surface area contributed by atoms with Crippen LogP contribution in [0.3, 0.4) is 0 Å². The Morgan fingerprint density at radius 3 is 2.67 bits per heavy atom. The number of primary amides is 1. The molecule has 1 fully saturated rings. The molecule has 0 aliphatic carbocycles. The Morgan fingerprint density at radius 1 is 1.83 bits per heavy atom. The summed E-state index contributed by atoms with van der Waals surface area (Å²) in [6, 6.07) is 0. The second-order valence-electron chi connectivity index (χ2n) is 2.60. The van der Waals surface area contributed by atoms with Crippen molar-refractivity contribution >= 4 is 5.91 Å². The fourth-order valence-corrected chi connectivity index (χ4v) is 1.04. The van der Waals surface area contributed by atoms with E-state index in [4.69, 9.17) is 10.8 Å². The lowest BCUT2D eigenvalue weighted by Crippen LogP contribution is -2.51. The molecule has 0 bridgehead atoms. The van der Waals surface area contributed by atoms with Crippen molar-refractivity contribution in [2.75, 3.05) is 7.11 Å². The molecule has 12 heavy (non-hydrogen) atoms. The third kappa shape index (κ3) is 1.29. The molecule has 1 aliphatic heterocycles. The zero-order valence-electron chi connectivity index (χ0n) is 6.56. The van der Waals surface area contributed by atoms with Gasteiger partial charge in [-0.3, -0.25) is 4.79 Å². The van der Waals surface area contributed by atoms with Crippen molar-refractivity contribution in [1.29, 1.82) is 0 Å². The van der Waals surface area contributed by atoms with Gasteiger partial charge in [-0.25, -0.2) is 0 Å². The summed E-state index contributed by atoms with van der Waals surface area (Å²) in [5.74, 6) is -3.42. The monoisotopic (exact) mass is 177 g/mol. The zero-order chi connectivity index (χ0) is 9.35. The minimum atomic E-state index is -2.30. The second kappa shape index (κ2) is 2.98. The van der Waals surface area contributed by atoms with E-state index < -0.39 is 24.1 Å². The number of methoxy groups -OCH3 is 1. The van der Waals surface area contributed by atoms with Crippen molar-refractivity contribution in [2.24, 2.45) is 5.73 Å². The number of amides is 1. The van der Waals surface area contributed by atoms with Crippen molar-refractivity contribution in [2.45, 2.75) is 24.6 Å². The van der Waals surface area contributed by atoms with E-state index in [0.717, 1.165) is 0 Å². The van der Waals surface area contributed by atoms with E-state index in [1.54, 1.807) is 0 Å². The molecule has 0 aromatic rings. The standard InChI is InChI=1S/C6H11NO5/c1-11-4-2-3(8)6(10,12-4)5(7)9/h3-4,8,10H,2H2,1H3,(H2,7,9). The Kier molecular flexibility index (Phi) is 2.34. The van der Waals surface area contributed by atoms with Gasteiger partial charge >= 0.3 is 0 Å². The molecule has 1 saturated heterocycles. The first-order valence-electron chi connectivity index (χ1n) is 3.41. The quantitative estimate of drug-likeness (QED) is 0.449. The number of aliphatic hydroxyl groups is 2. The lowest BCUT2D eigenvalue weighted by molar-refractivity contribution is -0.250. The summed E-state index contributed by atoms with van der Waals surface area (Å²) >= 11 is 0. The van der Waals surface area contributed by atoms with Crippen LogP contribution in [0.5, 0.6) is 0 Å². The fourth-order valence-electron chi connectivity index (χ4n) is 1.04. The first kappa shape index (κ1) is 9.40. The number of carbonyl (C=O) groups excluding carboxylic acids is 1. The van der Waals surface area contributed by atoms with Gasteiger partial charge in [0.05, 0.1) is 0 Å². The van der Waals surface area contributed by atoms with Crippen LogP contribution in [0.2, 0.25) is 0 Å². The van der Waals surface area contributed by atoms with Crippen LogP contribution in [-0.4, -0.2) is 41.4 Å². The van der Waals surface area contributed by atoms with Crippen LogP contribution in [0.25, 0.3) is 0 Å². The van der Waals surface area contributed by atoms with Crippen LogP contribution in [0.1, 0.15) is 6.42 Å². The van der Waals surface area contributed by atoms with E-state index in [1.165, 1.54) is 7.11 Å². The molecule has 0 aromatic heterocycles. The number of rotatable bonds is 2. The number of aliphatic hydroxyl groups excluding tert-OH is 1. The smallest absolute Gasteiger partial charge is 0.280 e. The molecule has 70 valence electrons. The zero-order valence-corrected chi connectivity index (χ0v) is 6.56. The van der Waals surface area contributed by atoms with Gasteiger partial charge in [0, 0.05) is 13.5 Å². The van der Waals surface area contributed by atoms with Gasteiger partial charge in [-0.05, 0) is 0 Å². The van der Waals surface area contributed by atoms with Crippen LogP contribution >= 0.6 is 0 Å². The molecule has 3 unspecified atom stereocenters. The van der Waals surface area contributed by atoms with E-state index in [0.29, 0.717) is 0 Å². The van der Waals surface area contributed by atoms with E-state index in [9.17, 15) is 9.90 Å². The average molecular weight is 177 g/mol. The Morgan fingerprint density at radius 2 is 2.42 bits per heavy atom. The van der Waals surface area contributed by atoms with Gasteiger partial charge in [0.1, 0.15) is 6.10 Å². The molecule has 0 aromatic carbocycles. The van der Waals surface area contributed by atoms with Gasteiger partial charge in [-0.2, -0.15) is 0 Å². The van der Waals surface area contributed by atoms with Gasteiger partial charge in [-0.1, -0.05) is 0 Å².